The van der Waals surface area contributed by atoms with Crippen molar-refractivity contribution in [2.24, 2.45) is 0 Å². The van der Waals surface area contributed by atoms with Crippen LogP contribution in [0.1, 0.15) is 29.7 Å². The summed E-state index contributed by atoms with van der Waals surface area (Å²) >= 11 is 0. The van der Waals surface area contributed by atoms with Gasteiger partial charge in [0.1, 0.15) is 17.6 Å². The molecule has 1 heterocycles. The minimum Gasteiger partial charge on any atom is -0.480 e. The molecule has 7 nitrogen and oxygen atoms in total. The molecule has 1 atom stereocenters. The number of hydrogen-bond donors (Lipinski definition) is 2. The van der Waals surface area contributed by atoms with Gasteiger partial charge < -0.3 is 14.8 Å². The van der Waals surface area contributed by atoms with Gasteiger partial charge >= 0.3 is 5.97 Å². The standard InChI is InChI=1S/C13H17NO6S/c1-3-4-5-10(13(16)17)14-12(15)11-7-6-9(20-11)8-21(2,18)19/h3-4,6-7,10H,5,8H2,1-2H3,(H,14,15)(H,16,17)/b4-3+. The van der Waals surface area contributed by atoms with Crippen LogP contribution in [0.4, 0.5) is 0 Å². The van der Waals surface area contributed by atoms with E-state index in [4.69, 9.17) is 9.52 Å². The zero-order chi connectivity index (χ0) is 16.0. The topological polar surface area (TPSA) is 114 Å². The van der Waals surface area contributed by atoms with Crippen LogP contribution >= 0.6 is 0 Å². The normalized spacial score (nSPS) is 13.2. The number of carbonyl (C=O) groups excluding carboxylic acids is 1. The van der Waals surface area contributed by atoms with Gasteiger partial charge in [0.15, 0.2) is 15.6 Å². The van der Waals surface area contributed by atoms with Crippen LogP contribution in [0.5, 0.6) is 0 Å². The number of hydrogen-bond acceptors (Lipinski definition) is 5. The van der Waals surface area contributed by atoms with E-state index in [0.29, 0.717) is 0 Å². The summed E-state index contributed by atoms with van der Waals surface area (Å²) in [5.74, 6) is -2.18. The first-order chi connectivity index (χ1) is 9.73. The van der Waals surface area contributed by atoms with Crippen molar-refractivity contribution >= 4 is 21.7 Å². The number of sulfone groups is 1. The Morgan fingerprint density at radius 2 is 2.10 bits per heavy atom. The van der Waals surface area contributed by atoms with Gasteiger partial charge in [0.2, 0.25) is 0 Å². The Morgan fingerprint density at radius 3 is 2.62 bits per heavy atom. The van der Waals surface area contributed by atoms with E-state index in [1.807, 2.05) is 0 Å². The summed E-state index contributed by atoms with van der Waals surface area (Å²) in [6.45, 7) is 1.74. The molecule has 1 amide bonds. The van der Waals surface area contributed by atoms with Crippen LogP contribution in [0.25, 0.3) is 0 Å². The maximum Gasteiger partial charge on any atom is 0.326 e. The van der Waals surface area contributed by atoms with Crippen LogP contribution in [0.3, 0.4) is 0 Å². The first kappa shape index (κ1) is 17.0. The SMILES string of the molecule is C/C=C/CC(NC(=O)c1ccc(CS(C)(=O)=O)o1)C(=O)O. The van der Waals surface area contributed by atoms with Gasteiger partial charge in [0, 0.05) is 6.26 Å². The molecule has 21 heavy (non-hydrogen) atoms. The van der Waals surface area contributed by atoms with Crippen molar-refractivity contribution in [3.05, 3.63) is 35.8 Å². The highest BCUT2D eigenvalue weighted by Crippen LogP contribution is 2.11. The lowest BCUT2D eigenvalue weighted by atomic mass is 10.2. The summed E-state index contributed by atoms with van der Waals surface area (Å²) in [6.07, 6.45) is 4.50. The fourth-order valence-corrected chi connectivity index (χ4v) is 2.23. The Kier molecular flexibility index (Phi) is 5.71. The first-order valence-corrected chi connectivity index (χ1v) is 8.20. The largest absolute Gasteiger partial charge is 0.480 e. The molecule has 0 aliphatic heterocycles. The highest BCUT2D eigenvalue weighted by molar-refractivity contribution is 7.89. The molecule has 0 saturated carbocycles. The van der Waals surface area contributed by atoms with E-state index in [9.17, 15) is 18.0 Å². The zero-order valence-corrected chi connectivity index (χ0v) is 12.5. The molecular formula is C13H17NO6S. The Morgan fingerprint density at radius 1 is 1.43 bits per heavy atom. The zero-order valence-electron chi connectivity index (χ0n) is 11.7. The lowest BCUT2D eigenvalue weighted by Gasteiger charge is -2.11. The second-order valence-electron chi connectivity index (χ2n) is 4.51. The van der Waals surface area contributed by atoms with E-state index < -0.39 is 27.8 Å². The van der Waals surface area contributed by atoms with Crippen LogP contribution in [0, 0.1) is 0 Å². The molecule has 0 bridgehead atoms. The van der Waals surface area contributed by atoms with Crippen molar-refractivity contribution in [3.8, 4) is 0 Å². The Balaban J connectivity index is 2.76. The predicted molar refractivity (Wildman–Crippen MR) is 75.6 cm³/mol. The van der Waals surface area contributed by atoms with Crippen LogP contribution in [-0.4, -0.2) is 37.7 Å². The molecule has 2 N–H and O–H groups in total. The van der Waals surface area contributed by atoms with Crippen molar-refractivity contribution in [3.63, 3.8) is 0 Å². The highest BCUT2D eigenvalue weighted by Gasteiger charge is 2.21. The minimum absolute atomic E-state index is 0.125. The summed E-state index contributed by atoms with van der Waals surface area (Å²) < 4.78 is 27.3. The summed E-state index contributed by atoms with van der Waals surface area (Å²) in [5.41, 5.74) is 0. The van der Waals surface area contributed by atoms with Crippen LogP contribution < -0.4 is 5.32 Å². The molecule has 116 valence electrons. The molecular weight excluding hydrogens is 298 g/mol. The lowest BCUT2D eigenvalue weighted by Crippen LogP contribution is -2.40. The third kappa shape index (κ3) is 5.82. The Hall–Kier alpha value is -2.09. The minimum atomic E-state index is -3.27. The molecule has 0 spiro atoms. The molecule has 1 aromatic rings. The Labute approximate surface area is 122 Å². The van der Waals surface area contributed by atoms with Crippen molar-refractivity contribution in [1.82, 2.24) is 5.32 Å². The van der Waals surface area contributed by atoms with Gasteiger partial charge in [0.05, 0.1) is 0 Å². The molecule has 0 fully saturated rings. The van der Waals surface area contributed by atoms with Gasteiger partial charge in [-0.05, 0) is 25.5 Å². The molecule has 0 aliphatic rings. The van der Waals surface area contributed by atoms with Gasteiger partial charge in [0.25, 0.3) is 5.91 Å². The number of amides is 1. The third-order valence-electron chi connectivity index (χ3n) is 2.50. The quantitative estimate of drug-likeness (QED) is 0.725. The fourth-order valence-electron chi connectivity index (χ4n) is 1.56. The molecule has 0 saturated heterocycles. The number of carboxylic acid groups (broad SMARTS) is 1. The van der Waals surface area contributed by atoms with Gasteiger partial charge in [-0.2, -0.15) is 0 Å². The molecule has 1 rings (SSSR count). The van der Waals surface area contributed by atoms with E-state index in [1.54, 1.807) is 19.1 Å². The van der Waals surface area contributed by atoms with E-state index in [2.05, 4.69) is 5.32 Å². The monoisotopic (exact) mass is 315 g/mol. The van der Waals surface area contributed by atoms with E-state index >= 15 is 0 Å². The molecule has 1 aromatic heterocycles. The molecule has 0 aromatic carbocycles. The summed E-state index contributed by atoms with van der Waals surface area (Å²) in [4.78, 5) is 22.9. The predicted octanol–water partition coefficient (Wildman–Crippen LogP) is 0.973. The average Bonchev–Trinajstić information content (AvgIpc) is 2.79. The fraction of sp³-hybridized carbons (Fsp3) is 0.385. The maximum atomic E-state index is 11.9. The highest BCUT2D eigenvalue weighted by atomic mass is 32.2. The average molecular weight is 315 g/mol. The van der Waals surface area contributed by atoms with Crippen molar-refractivity contribution in [2.75, 3.05) is 6.26 Å². The molecule has 1 unspecified atom stereocenters. The maximum absolute atomic E-state index is 11.9. The molecule has 0 radical (unpaired) electrons. The summed E-state index contributed by atoms with van der Waals surface area (Å²) in [5, 5.41) is 11.3. The molecule has 0 aliphatic carbocycles. The lowest BCUT2D eigenvalue weighted by molar-refractivity contribution is -0.139. The van der Waals surface area contributed by atoms with Gasteiger partial charge in [-0.3, -0.25) is 4.79 Å². The van der Waals surface area contributed by atoms with Gasteiger partial charge in [-0.15, -0.1) is 0 Å². The smallest absolute Gasteiger partial charge is 0.326 e. The number of carbonyl (C=O) groups is 2. The second kappa shape index (κ2) is 7.07. The van der Waals surface area contributed by atoms with E-state index in [-0.39, 0.29) is 23.7 Å². The van der Waals surface area contributed by atoms with Gasteiger partial charge in [-0.25, -0.2) is 13.2 Å². The first-order valence-electron chi connectivity index (χ1n) is 6.14. The number of carboxylic acids is 1. The van der Waals surface area contributed by atoms with Gasteiger partial charge in [-0.1, -0.05) is 12.2 Å². The van der Waals surface area contributed by atoms with Crippen molar-refractivity contribution in [1.29, 1.82) is 0 Å². The number of rotatable bonds is 7. The summed E-state index contributed by atoms with van der Waals surface area (Å²) in [7, 11) is -3.27. The number of aliphatic carboxylic acids is 1. The van der Waals surface area contributed by atoms with Crippen molar-refractivity contribution in [2.45, 2.75) is 25.1 Å². The van der Waals surface area contributed by atoms with Crippen LogP contribution in [0.15, 0.2) is 28.7 Å². The second-order valence-corrected chi connectivity index (χ2v) is 6.65. The third-order valence-corrected chi connectivity index (χ3v) is 3.31. The number of furan rings is 1. The van der Waals surface area contributed by atoms with Crippen LogP contribution in [0.2, 0.25) is 0 Å². The summed E-state index contributed by atoms with van der Waals surface area (Å²) in [6, 6.07) is 1.61. The molecule has 8 heteroatoms. The van der Waals surface area contributed by atoms with Crippen LogP contribution in [-0.2, 0) is 20.4 Å². The van der Waals surface area contributed by atoms with E-state index in [0.717, 1.165) is 6.26 Å². The van der Waals surface area contributed by atoms with Crippen molar-refractivity contribution < 1.29 is 27.5 Å². The number of nitrogens with one attached hydrogen (secondary N) is 1. The number of allylic oxidation sites excluding steroid dienone is 1. The van der Waals surface area contributed by atoms with E-state index in [1.165, 1.54) is 12.1 Å². The Bertz CT molecular complexity index is 643.